The van der Waals surface area contributed by atoms with Gasteiger partial charge in [-0.25, -0.2) is 8.42 Å². The van der Waals surface area contributed by atoms with Gasteiger partial charge in [-0.05, 0) is 46.1 Å². The highest BCUT2D eigenvalue weighted by Gasteiger charge is 2.32. The van der Waals surface area contributed by atoms with E-state index in [9.17, 15) is 8.42 Å². The van der Waals surface area contributed by atoms with Gasteiger partial charge >= 0.3 is 0 Å². The minimum atomic E-state index is -3.30. The summed E-state index contributed by atoms with van der Waals surface area (Å²) in [7, 11) is -3.30. The van der Waals surface area contributed by atoms with Gasteiger partial charge in [0.05, 0.1) is 30.2 Å². The van der Waals surface area contributed by atoms with Gasteiger partial charge in [0.25, 0.3) is 0 Å². The third kappa shape index (κ3) is 4.56. The highest BCUT2D eigenvalue weighted by molar-refractivity contribution is 7.88. The summed E-state index contributed by atoms with van der Waals surface area (Å²) >= 11 is 0. The number of aryl methyl sites for hydroxylation is 1. The fourth-order valence-electron chi connectivity index (χ4n) is 2.39. The van der Waals surface area contributed by atoms with Crippen molar-refractivity contribution in [2.45, 2.75) is 73.5 Å². The van der Waals surface area contributed by atoms with Crippen LogP contribution in [0.4, 0.5) is 0 Å². The van der Waals surface area contributed by atoms with Crippen molar-refractivity contribution in [3.05, 3.63) is 17.5 Å². The summed E-state index contributed by atoms with van der Waals surface area (Å²) in [5, 5.41) is 4.59. The Morgan fingerprint density at radius 3 is 2.09 bits per heavy atom. The fourth-order valence-corrected chi connectivity index (χ4v) is 3.75. The maximum absolute atomic E-state index is 12.2. The van der Waals surface area contributed by atoms with Crippen LogP contribution in [0.1, 0.15) is 65.9 Å². The van der Waals surface area contributed by atoms with Gasteiger partial charge in [-0.2, -0.15) is 9.40 Å². The summed E-state index contributed by atoms with van der Waals surface area (Å²) in [5.74, 6) is 0. The van der Waals surface area contributed by atoms with Gasteiger partial charge in [0.1, 0.15) is 0 Å². The number of hydrogen-bond donors (Lipinski definition) is 0. The molecule has 1 aromatic heterocycles. The van der Waals surface area contributed by atoms with Crippen LogP contribution in [0.5, 0.6) is 0 Å². The van der Waals surface area contributed by atoms with Crippen LogP contribution in [0.2, 0.25) is 0 Å². The molecule has 0 aliphatic carbocycles. The Bertz CT molecular complexity index is 619. The third-order valence-electron chi connectivity index (χ3n) is 4.01. The first kappa shape index (κ1) is 19.2. The van der Waals surface area contributed by atoms with Crippen molar-refractivity contribution < 1.29 is 8.42 Å². The Balaban J connectivity index is 3.28. The van der Waals surface area contributed by atoms with Crippen LogP contribution < -0.4 is 0 Å². The van der Waals surface area contributed by atoms with Crippen molar-refractivity contribution in [1.29, 1.82) is 0 Å². The first-order valence-electron chi connectivity index (χ1n) is 7.67. The van der Waals surface area contributed by atoms with Crippen molar-refractivity contribution in [3.8, 4) is 0 Å². The lowest BCUT2D eigenvalue weighted by Gasteiger charge is -2.35. The van der Waals surface area contributed by atoms with E-state index in [0.29, 0.717) is 6.54 Å². The number of hydrogen-bond acceptors (Lipinski definition) is 3. The third-order valence-corrected chi connectivity index (χ3v) is 5.49. The zero-order valence-electron chi connectivity index (χ0n) is 15.4. The van der Waals surface area contributed by atoms with Crippen molar-refractivity contribution in [2.24, 2.45) is 5.41 Å². The molecule has 0 aliphatic rings. The molecule has 1 atom stereocenters. The zero-order valence-corrected chi connectivity index (χ0v) is 16.2. The molecule has 0 amide bonds. The molecular weight excluding hydrogens is 298 g/mol. The van der Waals surface area contributed by atoms with Gasteiger partial charge in [0.2, 0.25) is 10.0 Å². The van der Waals surface area contributed by atoms with Gasteiger partial charge in [0.15, 0.2) is 0 Å². The summed E-state index contributed by atoms with van der Waals surface area (Å²) < 4.78 is 27.8. The van der Waals surface area contributed by atoms with Crippen molar-refractivity contribution in [3.63, 3.8) is 0 Å². The lowest BCUT2D eigenvalue weighted by Crippen LogP contribution is -2.45. The average Bonchev–Trinajstić information content (AvgIpc) is 2.61. The normalized spacial score (nSPS) is 15.4. The maximum Gasteiger partial charge on any atom is 0.212 e. The molecule has 0 saturated carbocycles. The number of rotatable bonds is 4. The van der Waals surface area contributed by atoms with Crippen molar-refractivity contribution in [2.75, 3.05) is 6.26 Å². The number of nitrogens with zero attached hydrogens (tertiary/aromatic N) is 3. The fraction of sp³-hybridized carbons (Fsp3) is 0.812. The first-order valence-corrected chi connectivity index (χ1v) is 9.51. The lowest BCUT2D eigenvalue weighted by atomic mass is 9.88. The van der Waals surface area contributed by atoms with Crippen molar-refractivity contribution in [1.82, 2.24) is 14.1 Å². The summed E-state index contributed by atoms with van der Waals surface area (Å²) in [6, 6.07) is 2.16. The largest absolute Gasteiger partial charge is 0.265 e. The van der Waals surface area contributed by atoms with E-state index in [0.717, 1.165) is 11.4 Å². The molecular formula is C16H31N3O2S. The minimum Gasteiger partial charge on any atom is -0.265 e. The average molecular weight is 330 g/mol. The molecule has 22 heavy (non-hydrogen) atoms. The molecule has 0 spiro atoms. The summed E-state index contributed by atoms with van der Waals surface area (Å²) in [6.07, 6.45) is 1.26. The molecule has 0 N–H and O–H groups in total. The molecule has 128 valence electrons. The molecule has 1 unspecified atom stereocenters. The molecule has 0 aromatic carbocycles. The van der Waals surface area contributed by atoms with E-state index in [2.05, 4.69) is 32.8 Å². The first-order chi connectivity index (χ1) is 9.64. The smallest absolute Gasteiger partial charge is 0.212 e. The summed E-state index contributed by atoms with van der Waals surface area (Å²) in [6.45, 7) is 16.6. The van der Waals surface area contributed by atoms with Gasteiger partial charge in [-0.3, -0.25) is 4.68 Å². The van der Waals surface area contributed by atoms with E-state index < -0.39 is 15.6 Å². The minimum absolute atomic E-state index is 0.0465. The van der Waals surface area contributed by atoms with Gasteiger partial charge in [0, 0.05) is 5.54 Å². The lowest BCUT2D eigenvalue weighted by molar-refractivity contribution is 0.212. The van der Waals surface area contributed by atoms with Crippen LogP contribution in [0.15, 0.2) is 6.07 Å². The predicted molar refractivity (Wildman–Crippen MR) is 91.3 cm³/mol. The predicted octanol–water partition coefficient (Wildman–Crippen LogP) is 3.36. The number of aromatic nitrogens is 2. The summed E-state index contributed by atoms with van der Waals surface area (Å²) in [4.78, 5) is 0. The number of sulfonamides is 1. The van der Waals surface area contributed by atoms with Crippen LogP contribution in [-0.4, -0.2) is 34.3 Å². The van der Waals surface area contributed by atoms with Crippen molar-refractivity contribution >= 4 is 10.0 Å². The van der Waals surface area contributed by atoms with Crippen LogP contribution >= 0.6 is 0 Å². The quantitative estimate of drug-likeness (QED) is 0.851. The second-order valence-electron chi connectivity index (χ2n) is 8.20. The molecule has 0 aliphatic heterocycles. The molecule has 1 aromatic rings. The molecule has 1 heterocycles. The topological polar surface area (TPSA) is 55.2 Å². The highest BCUT2D eigenvalue weighted by atomic mass is 32.2. The van der Waals surface area contributed by atoms with Gasteiger partial charge < -0.3 is 0 Å². The Labute approximate surface area is 135 Å². The molecule has 0 radical (unpaired) electrons. The van der Waals surface area contributed by atoms with Crippen LogP contribution in [0, 0.1) is 12.3 Å². The van der Waals surface area contributed by atoms with Crippen LogP contribution in [-0.2, 0) is 16.6 Å². The highest BCUT2D eigenvalue weighted by Crippen LogP contribution is 2.32. The Morgan fingerprint density at radius 1 is 1.23 bits per heavy atom. The van der Waals surface area contributed by atoms with E-state index in [1.54, 1.807) is 0 Å². The van der Waals surface area contributed by atoms with Crippen LogP contribution in [0.25, 0.3) is 0 Å². The zero-order chi connectivity index (χ0) is 17.5. The monoisotopic (exact) mass is 329 g/mol. The van der Waals surface area contributed by atoms with E-state index in [-0.39, 0.29) is 11.5 Å². The Kier molecular flexibility index (Phi) is 5.20. The van der Waals surface area contributed by atoms with Crippen LogP contribution in [0.3, 0.4) is 0 Å². The van der Waals surface area contributed by atoms with E-state index >= 15 is 0 Å². The van der Waals surface area contributed by atoms with E-state index in [1.165, 1.54) is 10.6 Å². The molecule has 6 heteroatoms. The second kappa shape index (κ2) is 5.96. The van der Waals surface area contributed by atoms with E-state index in [1.807, 2.05) is 38.4 Å². The summed E-state index contributed by atoms with van der Waals surface area (Å²) in [5.41, 5.74) is 1.42. The Hall–Kier alpha value is -0.880. The molecule has 0 bridgehead atoms. The van der Waals surface area contributed by atoms with E-state index in [4.69, 9.17) is 0 Å². The standard InChI is InChI=1S/C16H31N3O2S/c1-12-10-14(19(17-12)13(2)15(3,4)5)11-18(16(6,7)8)22(9,20)21/h10,13H,11H2,1-9H3. The molecule has 1 rings (SSSR count). The molecule has 5 nitrogen and oxygen atoms in total. The van der Waals surface area contributed by atoms with Gasteiger partial charge in [-0.15, -0.1) is 0 Å². The second-order valence-corrected chi connectivity index (χ2v) is 10.1. The SMILES string of the molecule is Cc1cc(CN(C(C)(C)C)S(C)(=O)=O)n(C(C)C(C)(C)C)n1. The maximum atomic E-state index is 12.2. The van der Waals surface area contributed by atoms with Gasteiger partial charge in [-0.1, -0.05) is 20.8 Å². The molecule has 0 saturated heterocycles. The molecule has 0 fully saturated rings. The Morgan fingerprint density at radius 2 is 1.73 bits per heavy atom.